The maximum atomic E-state index is 9.75. The predicted molar refractivity (Wildman–Crippen MR) is 66.0 cm³/mol. The second kappa shape index (κ2) is 6.13. The van der Waals surface area contributed by atoms with Gasteiger partial charge in [-0.3, -0.25) is 0 Å². The first kappa shape index (κ1) is 13.4. The molecule has 0 aromatic heterocycles. The van der Waals surface area contributed by atoms with Crippen molar-refractivity contribution in [2.24, 2.45) is 0 Å². The van der Waals surface area contributed by atoms with E-state index in [-0.39, 0.29) is 11.9 Å². The molecule has 0 aliphatic carbocycles. The number of thioether (sulfide) groups is 1. The third-order valence-corrected chi connectivity index (χ3v) is 3.41. The Kier molecular flexibility index (Phi) is 5.12. The molecule has 1 aromatic rings. The molecule has 4 heteroatoms. The van der Waals surface area contributed by atoms with Gasteiger partial charge in [0.1, 0.15) is 5.75 Å². The molecule has 0 heterocycles. The summed E-state index contributed by atoms with van der Waals surface area (Å²) >= 11 is 1.54. The minimum Gasteiger partial charge on any atom is -0.496 e. The second-order valence-electron chi connectivity index (χ2n) is 3.66. The monoisotopic (exact) mass is 242 g/mol. The summed E-state index contributed by atoms with van der Waals surface area (Å²) in [5, 5.41) is 18.9. The fourth-order valence-corrected chi connectivity index (χ4v) is 2.53. The Labute approximate surface area is 100 Å². The van der Waals surface area contributed by atoms with Crippen LogP contribution < -0.4 is 4.74 Å². The maximum absolute atomic E-state index is 9.75. The summed E-state index contributed by atoms with van der Waals surface area (Å²) in [6.07, 6.45) is -0.579. The average molecular weight is 242 g/mol. The van der Waals surface area contributed by atoms with E-state index in [1.807, 2.05) is 25.1 Å². The van der Waals surface area contributed by atoms with Gasteiger partial charge in [-0.25, -0.2) is 0 Å². The second-order valence-corrected chi connectivity index (χ2v) is 5.14. The first-order chi connectivity index (χ1) is 7.60. The zero-order valence-electron chi connectivity index (χ0n) is 9.80. The Bertz CT molecular complexity index is 339. The highest BCUT2D eigenvalue weighted by Crippen LogP contribution is 2.36. The molecule has 0 fully saturated rings. The van der Waals surface area contributed by atoms with Gasteiger partial charge < -0.3 is 14.9 Å². The summed E-state index contributed by atoms with van der Waals surface area (Å²) < 4.78 is 5.23. The van der Waals surface area contributed by atoms with Crippen LogP contribution in [0.25, 0.3) is 0 Å². The van der Waals surface area contributed by atoms with Crippen molar-refractivity contribution in [1.82, 2.24) is 0 Å². The molecular weight excluding hydrogens is 224 g/mol. The minimum absolute atomic E-state index is 0.101. The fourth-order valence-electron chi connectivity index (χ4n) is 1.47. The Morgan fingerprint density at radius 3 is 2.56 bits per heavy atom. The molecule has 1 rings (SSSR count). The highest BCUT2D eigenvalue weighted by Gasteiger charge is 2.16. The van der Waals surface area contributed by atoms with E-state index in [2.05, 4.69) is 0 Å². The van der Waals surface area contributed by atoms with E-state index in [0.29, 0.717) is 5.75 Å². The van der Waals surface area contributed by atoms with Crippen molar-refractivity contribution in [3.63, 3.8) is 0 Å². The van der Waals surface area contributed by atoms with Crippen LogP contribution in [0.15, 0.2) is 23.1 Å². The molecule has 3 nitrogen and oxygen atoms in total. The van der Waals surface area contributed by atoms with Crippen LogP contribution >= 0.6 is 11.8 Å². The summed E-state index contributed by atoms with van der Waals surface area (Å²) in [5.41, 5.74) is 0.787. The van der Waals surface area contributed by atoms with Gasteiger partial charge in [-0.05, 0) is 19.1 Å². The lowest BCUT2D eigenvalue weighted by Gasteiger charge is -2.17. The van der Waals surface area contributed by atoms with Crippen molar-refractivity contribution in [3.05, 3.63) is 23.8 Å². The van der Waals surface area contributed by atoms with Crippen molar-refractivity contribution in [1.29, 1.82) is 0 Å². The molecule has 0 bridgehead atoms. The molecule has 2 N–H and O–H groups in total. The van der Waals surface area contributed by atoms with Crippen LogP contribution in [0.3, 0.4) is 0 Å². The Morgan fingerprint density at radius 2 is 2.06 bits per heavy atom. The lowest BCUT2D eigenvalue weighted by atomic mass is 10.1. The first-order valence-corrected chi connectivity index (χ1v) is 6.10. The van der Waals surface area contributed by atoms with Gasteiger partial charge in [0.05, 0.1) is 19.8 Å². The van der Waals surface area contributed by atoms with Gasteiger partial charge in [0.15, 0.2) is 0 Å². The van der Waals surface area contributed by atoms with E-state index >= 15 is 0 Å². The lowest BCUT2D eigenvalue weighted by molar-refractivity contribution is 0.191. The number of aliphatic hydroxyl groups excluding tert-OH is 2. The number of hydrogen-bond donors (Lipinski definition) is 2. The number of ether oxygens (including phenoxy) is 1. The predicted octanol–water partition coefficient (Wildman–Crippen LogP) is 2.22. The number of hydrogen-bond acceptors (Lipinski definition) is 4. The molecular formula is C12H18O3S. The van der Waals surface area contributed by atoms with Gasteiger partial charge in [-0.1, -0.05) is 13.0 Å². The molecule has 0 radical (unpaired) electrons. The van der Waals surface area contributed by atoms with Crippen LogP contribution in [0, 0.1) is 0 Å². The van der Waals surface area contributed by atoms with Crippen LogP contribution in [-0.2, 0) is 0 Å². The van der Waals surface area contributed by atoms with Gasteiger partial charge in [-0.2, -0.15) is 0 Å². The molecule has 0 saturated carbocycles. The van der Waals surface area contributed by atoms with Gasteiger partial charge >= 0.3 is 0 Å². The van der Waals surface area contributed by atoms with Crippen LogP contribution in [0.4, 0.5) is 0 Å². The van der Waals surface area contributed by atoms with E-state index in [9.17, 15) is 5.11 Å². The average Bonchev–Trinajstić information content (AvgIpc) is 2.28. The molecule has 1 unspecified atom stereocenters. The van der Waals surface area contributed by atoms with Crippen molar-refractivity contribution >= 4 is 11.8 Å². The van der Waals surface area contributed by atoms with Crippen LogP contribution in [-0.4, -0.2) is 29.2 Å². The normalized spacial score (nSPS) is 14.6. The Hall–Kier alpha value is -0.710. The largest absolute Gasteiger partial charge is 0.496 e. The summed E-state index contributed by atoms with van der Waals surface area (Å²) in [6.45, 7) is 3.77. The van der Waals surface area contributed by atoms with E-state index in [1.165, 1.54) is 11.8 Å². The lowest BCUT2D eigenvalue weighted by Crippen LogP contribution is -2.05. The summed E-state index contributed by atoms with van der Waals surface area (Å²) in [6, 6.07) is 5.65. The van der Waals surface area contributed by atoms with Crippen LogP contribution in [0.2, 0.25) is 0 Å². The van der Waals surface area contributed by atoms with Crippen molar-refractivity contribution in [2.45, 2.75) is 30.1 Å². The SMILES string of the molecule is COc1cccc(SC(C)CO)c1[C@H](C)O. The van der Waals surface area contributed by atoms with Crippen LogP contribution in [0.1, 0.15) is 25.5 Å². The smallest absolute Gasteiger partial charge is 0.125 e. The number of benzene rings is 1. The fraction of sp³-hybridized carbons (Fsp3) is 0.500. The topological polar surface area (TPSA) is 49.7 Å². The van der Waals surface area contributed by atoms with E-state index in [1.54, 1.807) is 14.0 Å². The van der Waals surface area contributed by atoms with Crippen molar-refractivity contribution in [3.8, 4) is 5.75 Å². The van der Waals surface area contributed by atoms with E-state index < -0.39 is 6.10 Å². The van der Waals surface area contributed by atoms with Gasteiger partial charge in [0.2, 0.25) is 0 Å². The maximum Gasteiger partial charge on any atom is 0.125 e. The molecule has 0 aliphatic rings. The zero-order valence-corrected chi connectivity index (χ0v) is 10.6. The molecule has 2 atom stereocenters. The van der Waals surface area contributed by atoms with Crippen LogP contribution in [0.5, 0.6) is 5.75 Å². The zero-order chi connectivity index (χ0) is 12.1. The standard InChI is InChI=1S/C12H18O3S/c1-8(7-13)16-11-6-4-5-10(15-3)12(11)9(2)14/h4-6,8-9,13-14H,7H2,1-3H3/t8?,9-/m0/s1. The van der Waals surface area contributed by atoms with E-state index in [0.717, 1.165) is 10.5 Å². The number of aliphatic hydroxyl groups is 2. The molecule has 0 amide bonds. The van der Waals surface area contributed by atoms with Crippen molar-refractivity contribution in [2.75, 3.05) is 13.7 Å². The minimum atomic E-state index is -0.579. The summed E-state index contributed by atoms with van der Waals surface area (Å²) in [7, 11) is 1.59. The van der Waals surface area contributed by atoms with Crippen molar-refractivity contribution < 1.29 is 14.9 Å². The molecule has 0 spiro atoms. The highest BCUT2D eigenvalue weighted by molar-refractivity contribution is 8.00. The van der Waals surface area contributed by atoms with E-state index in [4.69, 9.17) is 9.84 Å². The number of rotatable bonds is 5. The summed E-state index contributed by atoms with van der Waals surface area (Å²) in [5.74, 6) is 0.685. The molecule has 1 aromatic carbocycles. The van der Waals surface area contributed by atoms with Gasteiger partial charge in [-0.15, -0.1) is 11.8 Å². The van der Waals surface area contributed by atoms with Gasteiger partial charge in [0, 0.05) is 15.7 Å². The number of methoxy groups -OCH3 is 1. The Morgan fingerprint density at radius 1 is 1.38 bits per heavy atom. The van der Waals surface area contributed by atoms with Gasteiger partial charge in [0.25, 0.3) is 0 Å². The third-order valence-electron chi connectivity index (χ3n) is 2.25. The summed E-state index contributed by atoms with van der Waals surface area (Å²) in [4.78, 5) is 0.955. The first-order valence-electron chi connectivity index (χ1n) is 5.22. The Balaban J connectivity index is 3.07. The molecule has 16 heavy (non-hydrogen) atoms. The third kappa shape index (κ3) is 3.14. The highest BCUT2D eigenvalue weighted by atomic mass is 32.2. The molecule has 90 valence electrons. The quantitative estimate of drug-likeness (QED) is 0.777. The molecule has 0 saturated heterocycles. The molecule has 0 aliphatic heterocycles.